The number of carbonyl (C=O) groups excluding carboxylic acids is 1. The van der Waals surface area contributed by atoms with Gasteiger partial charge in [-0.05, 0) is 25.0 Å². The van der Waals surface area contributed by atoms with Crippen LogP contribution in [0.3, 0.4) is 0 Å². The van der Waals surface area contributed by atoms with Gasteiger partial charge >= 0.3 is 5.97 Å². The van der Waals surface area contributed by atoms with Crippen LogP contribution in [0.25, 0.3) is 0 Å². The number of amides is 1. The van der Waals surface area contributed by atoms with Gasteiger partial charge in [0, 0.05) is 10.6 Å². The molecule has 1 amide bonds. The maximum absolute atomic E-state index is 13.7. The van der Waals surface area contributed by atoms with E-state index in [1.807, 2.05) is 0 Å². The highest BCUT2D eigenvalue weighted by Crippen LogP contribution is 2.33. The van der Waals surface area contributed by atoms with E-state index in [2.05, 4.69) is 5.32 Å². The zero-order valence-corrected chi connectivity index (χ0v) is 12.3. The van der Waals surface area contributed by atoms with Gasteiger partial charge in [0.25, 0.3) is 0 Å². The van der Waals surface area contributed by atoms with Crippen molar-refractivity contribution in [2.75, 3.05) is 0 Å². The molecule has 1 aliphatic rings. The van der Waals surface area contributed by atoms with Gasteiger partial charge in [0.1, 0.15) is 5.82 Å². The Morgan fingerprint density at radius 1 is 1.33 bits per heavy atom. The van der Waals surface area contributed by atoms with Crippen LogP contribution < -0.4 is 5.32 Å². The highest BCUT2D eigenvalue weighted by atomic mass is 35.5. The quantitative estimate of drug-likeness (QED) is 0.878. The molecule has 4 nitrogen and oxygen atoms in total. The number of hydrogen-bond acceptors (Lipinski definition) is 2. The number of aliphatic carboxylic acids is 1. The van der Waals surface area contributed by atoms with E-state index in [-0.39, 0.29) is 23.4 Å². The van der Waals surface area contributed by atoms with Gasteiger partial charge in [0.05, 0.1) is 18.4 Å². The molecule has 0 spiro atoms. The summed E-state index contributed by atoms with van der Waals surface area (Å²) in [6.45, 7) is 0. The summed E-state index contributed by atoms with van der Waals surface area (Å²) in [5.74, 6) is -1.87. The van der Waals surface area contributed by atoms with E-state index in [9.17, 15) is 14.0 Å². The molecule has 21 heavy (non-hydrogen) atoms. The molecule has 0 saturated heterocycles. The van der Waals surface area contributed by atoms with Crippen molar-refractivity contribution < 1.29 is 19.1 Å². The van der Waals surface area contributed by atoms with E-state index in [1.165, 1.54) is 18.2 Å². The molecule has 1 saturated carbocycles. The Morgan fingerprint density at radius 3 is 2.57 bits per heavy atom. The third kappa shape index (κ3) is 3.94. The molecule has 0 unspecified atom stereocenters. The van der Waals surface area contributed by atoms with E-state index in [4.69, 9.17) is 16.7 Å². The number of halogens is 2. The lowest BCUT2D eigenvalue weighted by Crippen LogP contribution is -2.48. The lowest BCUT2D eigenvalue weighted by molar-refractivity contribution is -0.139. The van der Waals surface area contributed by atoms with Crippen molar-refractivity contribution in [3.63, 3.8) is 0 Å². The molecule has 0 aromatic heterocycles. The van der Waals surface area contributed by atoms with Crippen LogP contribution >= 0.6 is 11.6 Å². The molecular weight excluding hydrogens is 297 g/mol. The molecule has 6 heteroatoms. The van der Waals surface area contributed by atoms with Gasteiger partial charge in [-0.1, -0.05) is 30.5 Å². The summed E-state index contributed by atoms with van der Waals surface area (Å²) in [6.07, 6.45) is 2.74. The summed E-state index contributed by atoms with van der Waals surface area (Å²) < 4.78 is 13.7. The number of nitrogens with one attached hydrogen (secondary N) is 1. The number of carbonyl (C=O) groups is 2. The van der Waals surface area contributed by atoms with Gasteiger partial charge in [-0.25, -0.2) is 4.39 Å². The molecule has 0 atom stereocenters. The highest BCUT2D eigenvalue weighted by Gasteiger charge is 2.37. The molecule has 0 bridgehead atoms. The monoisotopic (exact) mass is 313 g/mol. The number of rotatable bonds is 5. The molecule has 0 aliphatic heterocycles. The summed E-state index contributed by atoms with van der Waals surface area (Å²) in [6, 6.07) is 4.24. The van der Waals surface area contributed by atoms with Crippen molar-refractivity contribution >= 4 is 23.5 Å². The smallest absolute Gasteiger partial charge is 0.305 e. The number of carboxylic acid groups (broad SMARTS) is 1. The predicted octanol–water partition coefficient (Wildman–Crippen LogP) is 2.93. The SMILES string of the molecule is O=C(O)CC1(NC(=O)Cc2c(F)cccc2Cl)CCCC1. The average Bonchev–Trinajstić information content (AvgIpc) is 2.81. The summed E-state index contributed by atoms with van der Waals surface area (Å²) in [5, 5.41) is 12.0. The van der Waals surface area contributed by atoms with Crippen LogP contribution in [0.4, 0.5) is 4.39 Å². The predicted molar refractivity (Wildman–Crippen MR) is 76.7 cm³/mol. The molecule has 0 heterocycles. The van der Waals surface area contributed by atoms with Crippen LogP contribution in [0, 0.1) is 5.82 Å². The molecule has 1 aliphatic carbocycles. The molecule has 114 valence electrons. The first-order valence-corrected chi connectivity index (χ1v) is 7.25. The van der Waals surface area contributed by atoms with Crippen molar-refractivity contribution in [2.24, 2.45) is 0 Å². The topological polar surface area (TPSA) is 66.4 Å². The molecular formula is C15H17ClFNO3. The van der Waals surface area contributed by atoms with Crippen LogP contribution in [0.5, 0.6) is 0 Å². The van der Waals surface area contributed by atoms with Gasteiger partial charge in [0.2, 0.25) is 5.91 Å². The van der Waals surface area contributed by atoms with Gasteiger partial charge in [-0.2, -0.15) is 0 Å². The minimum Gasteiger partial charge on any atom is -0.481 e. The number of hydrogen-bond donors (Lipinski definition) is 2. The molecule has 1 aromatic rings. The number of benzene rings is 1. The summed E-state index contributed by atoms with van der Waals surface area (Å²) in [7, 11) is 0. The van der Waals surface area contributed by atoms with Crippen molar-refractivity contribution in [1.29, 1.82) is 0 Å². The Balaban J connectivity index is 2.08. The molecule has 1 fully saturated rings. The Morgan fingerprint density at radius 2 is 2.00 bits per heavy atom. The van der Waals surface area contributed by atoms with E-state index < -0.39 is 23.2 Å². The number of carboxylic acids is 1. The first kappa shape index (κ1) is 15.8. The molecule has 2 N–H and O–H groups in total. The maximum Gasteiger partial charge on any atom is 0.305 e. The lowest BCUT2D eigenvalue weighted by atomic mass is 9.92. The van der Waals surface area contributed by atoms with Gasteiger partial charge in [0.15, 0.2) is 0 Å². The van der Waals surface area contributed by atoms with Crippen molar-refractivity contribution in [1.82, 2.24) is 5.32 Å². The van der Waals surface area contributed by atoms with Crippen LogP contribution in [0.15, 0.2) is 18.2 Å². The van der Waals surface area contributed by atoms with Gasteiger partial charge in [-0.15, -0.1) is 0 Å². The standard InChI is InChI=1S/C15H17ClFNO3/c16-11-4-3-5-12(17)10(11)8-13(19)18-15(9-14(20)21)6-1-2-7-15/h3-5H,1-2,6-9H2,(H,18,19)(H,20,21). The first-order chi connectivity index (χ1) is 9.92. The fraction of sp³-hybridized carbons (Fsp3) is 0.467. The third-order valence-electron chi connectivity index (χ3n) is 3.85. The summed E-state index contributed by atoms with van der Waals surface area (Å²) >= 11 is 5.90. The first-order valence-electron chi connectivity index (χ1n) is 6.88. The largest absolute Gasteiger partial charge is 0.481 e. The third-order valence-corrected chi connectivity index (χ3v) is 4.21. The zero-order valence-electron chi connectivity index (χ0n) is 11.5. The Bertz CT molecular complexity index is 536. The Hall–Kier alpha value is -1.62. The minimum atomic E-state index is -0.943. The Kier molecular flexibility index (Phi) is 4.83. The van der Waals surface area contributed by atoms with Crippen LogP contribution in [-0.4, -0.2) is 22.5 Å². The van der Waals surface area contributed by atoms with Crippen molar-refractivity contribution in [2.45, 2.75) is 44.1 Å². The second-order valence-corrected chi connectivity index (χ2v) is 5.89. The van der Waals surface area contributed by atoms with Crippen molar-refractivity contribution in [3.8, 4) is 0 Å². The fourth-order valence-corrected chi connectivity index (χ4v) is 3.12. The highest BCUT2D eigenvalue weighted by molar-refractivity contribution is 6.31. The molecule has 1 aromatic carbocycles. The van der Waals surface area contributed by atoms with E-state index >= 15 is 0 Å². The normalized spacial score (nSPS) is 16.7. The van der Waals surface area contributed by atoms with Crippen LogP contribution in [0.1, 0.15) is 37.7 Å². The zero-order chi connectivity index (χ0) is 15.5. The minimum absolute atomic E-state index is 0.107. The Labute approximate surface area is 127 Å². The van der Waals surface area contributed by atoms with Crippen LogP contribution in [0.2, 0.25) is 5.02 Å². The molecule has 2 rings (SSSR count). The fourth-order valence-electron chi connectivity index (χ4n) is 2.89. The van der Waals surface area contributed by atoms with Crippen molar-refractivity contribution in [3.05, 3.63) is 34.6 Å². The van der Waals surface area contributed by atoms with Crippen LogP contribution in [-0.2, 0) is 16.0 Å². The van der Waals surface area contributed by atoms with Gasteiger partial charge in [-0.3, -0.25) is 9.59 Å². The maximum atomic E-state index is 13.7. The summed E-state index contributed by atoms with van der Waals surface area (Å²) in [4.78, 5) is 23.1. The lowest BCUT2D eigenvalue weighted by Gasteiger charge is -2.28. The second-order valence-electron chi connectivity index (χ2n) is 5.48. The van der Waals surface area contributed by atoms with Gasteiger partial charge < -0.3 is 10.4 Å². The molecule has 0 radical (unpaired) electrons. The van der Waals surface area contributed by atoms with E-state index in [0.717, 1.165) is 12.8 Å². The second kappa shape index (κ2) is 6.43. The van der Waals surface area contributed by atoms with E-state index in [0.29, 0.717) is 12.8 Å². The summed E-state index contributed by atoms with van der Waals surface area (Å²) in [5.41, 5.74) is -0.569. The average molecular weight is 314 g/mol. The van der Waals surface area contributed by atoms with E-state index in [1.54, 1.807) is 0 Å².